The first-order chi connectivity index (χ1) is 16.8. The summed E-state index contributed by atoms with van der Waals surface area (Å²) >= 11 is 0. The molecular weight excluding hydrogens is 442 g/mol. The Morgan fingerprint density at radius 1 is 1.20 bits per heavy atom. The van der Waals surface area contributed by atoms with Gasteiger partial charge in [-0.25, -0.2) is 9.78 Å². The summed E-state index contributed by atoms with van der Waals surface area (Å²) in [6.07, 6.45) is 6.74. The van der Waals surface area contributed by atoms with Gasteiger partial charge in [0.15, 0.2) is 0 Å². The topological polar surface area (TPSA) is 101 Å². The quantitative estimate of drug-likeness (QED) is 0.449. The van der Waals surface area contributed by atoms with Crippen molar-refractivity contribution in [3.8, 4) is 0 Å². The van der Waals surface area contributed by atoms with Gasteiger partial charge in [0.1, 0.15) is 11.9 Å². The first-order valence-electron chi connectivity index (χ1n) is 12.8. The molecular formula is C28H37N3O4. The first-order valence-corrected chi connectivity index (χ1v) is 12.8. The highest BCUT2D eigenvalue weighted by atomic mass is 16.5. The number of pyridine rings is 1. The van der Waals surface area contributed by atoms with Crippen LogP contribution in [-0.4, -0.2) is 47.3 Å². The molecule has 1 aliphatic carbocycles. The molecule has 35 heavy (non-hydrogen) atoms. The summed E-state index contributed by atoms with van der Waals surface area (Å²) in [6, 6.07) is 12.8. The number of nitrogens with zero attached hydrogens (tertiary/aromatic N) is 1. The van der Waals surface area contributed by atoms with Crippen LogP contribution in [-0.2, 0) is 32.6 Å². The Labute approximate surface area is 207 Å². The molecule has 2 aromatic rings. The standard InChI is InChI=1S/C28H37N3O4/c1-28(2,21-8-4-3-5-9-21)27(34)31-24(26(32)33)14-16-35-23-17-19(18-23)10-12-22-13-11-20-7-6-15-29-25(20)30-22/h3-5,8-9,11,13,19,23-24H,6-7,10,12,14-18H2,1-2H3,(H,29,30)(H,31,34)(H,32,33)/t19?,23?,24-/m0/s1. The normalized spacial score (nSPS) is 20.2. The Morgan fingerprint density at radius 2 is 1.97 bits per heavy atom. The minimum Gasteiger partial charge on any atom is -0.480 e. The number of amides is 1. The molecule has 1 atom stereocenters. The average molecular weight is 480 g/mol. The fourth-order valence-electron chi connectivity index (χ4n) is 4.84. The van der Waals surface area contributed by atoms with Crippen molar-refractivity contribution in [2.24, 2.45) is 5.92 Å². The van der Waals surface area contributed by atoms with Gasteiger partial charge in [-0.15, -0.1) is 0 Å². The second-order valence-electron chi connectivity index (χ2n) is 10.4. The lowest BCUT2D eigenvalue weighted by Gasteiger charge is -2.35. The van der Waals surface area contributed by atoms with E-state index < -0.39 is 17.4 Å². The molecule has 1 aromatic heterocycles. The van der Waals surface area contributed by atoms with Gasteiger partial charge >= 0.3 is 5.97 Å². The van der Waals surface area contributed by atoms with Crippen LogP contribution in [0.3, 0.4) is 0 Å². The highest BCUT2D eigenvalue weighted by Crippen LogP contribution is 2.34. The highest BCUT2D eigenvalue weighted by molar-refractivity contribution is 5.90. The molecule has 0 unspecified atom stereocenters. The van der Waals surface area contributed by atoms with E-state index in [-0.39, 0.29) is 18.4 Å². The minimum absolute atomic E-state index is 0.170. The molecule has 4 rings (SSSR count). The number of carbonyl (C=O) groups is 2. The first kappa shape index (κ1) is 25.2. The molecule has 0 bridgehead atoms. The Hall–Kier alpha value is -2.93. The molecule has 0 saturated heterocycles. The third-order valence-corrected chi connectivity index (χ3v) is 7.38. The number of hydrogen-bond acceptors (Lipinski definition) is 5. The van der Waals surface area contributed by atoms with Crippen LogP contribution in [0.1, 0.15) is 62.8 Å². The van der Waals surface area contributed by atoms with Crippen LogP contribution in [0.4, 0.5) is 5.82 Å². The van der Waals surface area contributed by atoms with Crippen molar-refractivity contribution in [3.63, 3.8) is 0 Å². The van der Waals surface area contributed by atoms with Crippen molar-refractivity contribution in [1.82, 2.24) is 10.3 Å². The number of nitrogens with one attached hydrogen (secondary N) is 2. The number of carbonyl (C=O) groups excluding carboxylic acids is 1. The van der Waals surface area contributed by atoms with Crippen LogP contribution in [0, 0.1) is 5.92 Å². The molecule has 2 aliphatic rings. The van der Waals surface area contributed by atoms with Crippen molar-refractivity contribution in [3.05, 3.63) is 59.3 Å². The van der Waals surface area contributed by atoms with Crippen molar-refractivity contribution in [1.29, 1.82) is 0 Å². The van der Waals surface area contributed by atoms with Crippen LogP contribution in [0.5, 0.6) is 0 Å². The van der Waals surface area contributed by atoms with Gasteiger partial charge in [0.25, 0.3) is 0 Å². The van der Waals surface area contributed by atoms with E-state index in [1.54, 1.807) is 13.8 Å². The number of hydrogen-bond donors (Lipinski definition) is 3. The number of benzene rings is 1. The highest BCUT2D eigenvalue weighted by Gasteiger charge is 2.34. The number of aliphatic carboxylic acids is 1. The lowest BCUT2D eigenvalue weighted by molar-refractivity contribution is -0.143. The van der Waals surface area contributed by atoms with Crippen LogP contribution in [0.2, 0.25) is 0 Å². The zero-order chi connectivity index (χ0) is 24.8. The summed E-state index contributed by atoms with van der Waals surface area (Å²) in [4.78, 5) is 29.3. The molecule has 7 heteroatoms. The molecule has 1 aromatic carbocycles. The lowest BCUT2D eigenvalue weighted by atomic mass is 9.79. The maximum atomic E-state index is 12.8. The minimum atomic E-state index is -1.04. The van der Waals surface area contributed by atoms with E-state index in [0.29, 0.717) is 12.5 Å². The summed E-state index contributed by atoms with van der Waals surface area (Å²) in [5.41, 5.74) is 2.48. The van der Waals surface area contributed by atoms with Crippen LogP contribution in [0.25, 0.3) is 0 Å². The van der Waals surface area contributed by atoms with E-state index in [1.807, 2.05) is 30.3 Å². The molecule has 7 nitrogen and oxygen atoms in total. The Kier molecular flexibility index (Phi) is 8.06. The molecule has 0 spiro atoms. The van der Waals surface area contributed by atoms with E-state index in [2.05, 4.69) is 22.8 Å². The number of rotatable bonds is 11. The smallest absolute Gasteiger partial charge is 0.326 e. The number of ether oxygens (including phenoxy) is 1. The van der Waals surface area contributed by atoms with E-state index in [9.17, 15) is 14.7 Å². The van der Waals surface area contributed by atoms with Gasteiger partial charge in [0.2, 0.25) is 5.91 Å². The maximum Gasteiger partial charge on any atom is 0.326 e. The molecule has 2 heterocycles. The lowest BCUT2D eigenvalue weighted by Crippen LogP contribution is -2.49. The van der Waals surface area contributed by atoms with E-state index in [1.165, 1.54) is 12.0 Å². The van der Waals surface area contributed by atoms with Crippen molar-refractivity contribution >= 4 is 17.7 Å². The van der Waals surface area contributed by atoms with Crippen molar-refractivity contribution < 1.29 is 19.4 Å². The molecule has 1 amide bonds. The van der Waals surface area contributed by atoms with Gasteiger partial charge in [-0.2, -0.15) is 0 Å². The molecule has 3 N–H and O–H groups in total. The second kappa shape index (κ2) is 11.2. The monoisotopic (exact) mass is 479 g/mol. The van der Waals surface area contributed by atoms with Gasteiger partial charge in [-0.1, -0.05) is 36.4 Å². The zero-order valence-electron chi connectivity index (χ0n) is 20.8. The van der Waals surface area contributed by atoms with E-state index in [0.717, 1.165) is 55.7 Å². The largest absolute Gasteiger partial charge is 0.480 e. The summed E-state index contributed by atoms with van der Waals surface area (Å²) in [5, 5.41) is 15.7. The third kappa shape index (κ3) is 6.40. The van der Waals surface area contributed by atoms with Gasteiger partial charge in [-0.05, 0) is 75.5 Å². The summed E-state index contributed by atoms with van der Waals surface area (Å²) < 4.78 is 5.93. The number of aryl methyl sites for hydroxylation is 2. The van der Waals surface area contributed by atoms with Gasteiger partial charge in [0.05, 0.1) is 11.5 Å². The number of carboxylic acid groups (broad SMARTS) is 1. The molecule has 1 aliphatic heterocycles. The predicted octanol–water partition coefficient (Wildman–Crippen LogP) is 4.10. The summed E-state index contributed by atoms with van der Waals surface area (Å²) in [6.45, 7) is 4.93. The maximum absolute atomic E-state index is 12.8. The van der Waals surface area contributed by atoms with Gasteiger partial charge < -0.3 is 20.5 Å². The summed E-state index contributed by atoms with van der Waals surface area (Å²) in [5.74, 6) is 0.332. The fraction of sp³-hybridized carbons (Fsp3) is 0.536. The molecule has 188 valence electrons. The number of anilines is 1. The van der Waals surface area contributed by atoms with Crippen LogP contribution in [0.15, 0.2) is 42.5 Å². The SMILES string of the molecule is CC(C)(C(=O)N[C@@H](CCOC1CC(CCc2ccc3c(n2)NCCC3)C1)C(=O)O)c1ccccc1. The molecule has 1 saturated carbocycles. The van der Waals surface area contributed by atoms with E-state index in [4.69, 9.17) is 9.72 Å². The summed E-state index contributed by atoms with van der Waals surface area (Å²) in [7, 11) is 0. The van der Waals surface area contributed by atoms with Gasteiger partial charge in [-0.3, -0.25) is 4.79 Å². The number of carboxylic acids is 1. The van der Waals surface area contributed by atoms with Crippen LogP contribution < -0.4 is 10.6 Å². The Bertz CT molecular complexity index is 1020. The average Bonchev–Trinajstić information content (AvgIpc) is 2.84. The predicted molar refractivity (Wildman–Crippen MR) is 135 cm³/mol. The van der Waals surface area contributed by atoms with Gasteiger partial charge in [0, 0.05) is 25.3 Å². The number of fused-ring (bicyclic) bond motifs is 1. The Morgan fingerprint density at radius 3 is 2.71 bits per heavy atom. The molecule has 0 radical (unpaired) electrons. The van der Waals surface area contributed by atoms with Crippen molar-refractivity contribution in [2.45, 2.75) is 76.4 Å². The number of aromatic nitrogens is 1. The Balaban J connectivity index is 1.16. The second-order valence-corrected chi connectivity index (χ2v) is 10.4. The van der Waals surface area contributed by atoms with Crippen molar-refractivity contribution in [2.75, 3.05) is 18.5 Å². The van der Waals surface area contributed by atoms with Crippen LogP contribution >= 0.6 is 0 Å². The third-order valence-electron chi connectivity index (χ3n) is 7.38. The van der Waals surface area contributed by atoms with E-state index >= 15 is 0 Å². The fourth-order valence-corrected chi connectivity index (χ4v) is 4.84. The zero-order valence-corrected chi connectivity index (χ0v) is 20.8. The molecule has 1 fully saturated rings.